The number of cyclic esters (lactones) is 1. The number of hydrogen-bond donors (Lipinski definition) is 3. The molecule has 1 amide bonds. The van der Waals surface area contributed by atoms with Crippen molar-refractivity contribution >= 4 is 23.8 Å². The fourth-order valence-corrected chi connectivity index (χ4v) is 4.16. The zero-order valence-corrected chi connectivity index (χ0v) is 17.3. The minimum Gasteiger partial charge on any atom is -0.481 e. The van der Waals surface area contributed by atoms with Crippen molar-refractivity contribution in [3.8, 4) is 0 Å². The van der Waals surface area contributed by atoms with Crippen molar-refractivity contribution in [1.29, 1.82) is 0 Å². The topological polar surface area (TPSA) is 116 Å². The van der Waals surface area contributed by atoms with Crippen LogP contribution in [0.2, 0.25) is 0 Å². The highest BCUT2D eigenvalue weighted by Crippen LogP contribution is 2.34. The van der Waals surface area contributed by atoms with Gasteiger partial charge in [0.05, 0.1) is 18.6 Å². The number of aliphatic imine (C=N–C) groups is 1. The average Bonchev–Trinajstić information content (AvgIpc) is 2.77. The number of carbonyl (C=O) groups is 2. The molecule has 1 aliphatic carbocycles. The van der Waals surface area contributed by atoms with Crippen molar-refractivity contribution in [3.63, 3.8) is 0 Å². The number of carbonyl (C=O) groups excluding carboxylic acids is 1. The first-order valence-electron chi connectivity index (χ1n) is 10.5. The first-order valence-corrected chi connectivity index (χ1v) is 10.5. The van der Waals surface area contributed by atoms with Crippen molar-refractivity contribution in [2.75, 3.05) is 18.1 Å². The Hall–Kier alpha value is -3.17. The number of pyridine rings is 1. The van der Waals surface area contributed by atoms with Crippen molar-refractivity contribution in [2.24, 2.45) is 10.9 Å². The van der Waals surface area contributed by atoms with E-state index in [0.717, 1.165) is 0 Å². The number of guanidine groups is 1. The van der Waals surface area contributed by atoms with Crippen LogP contribution in [0.5, 0.6) is 0 Å². The number of nitrogens with zero attached hydrogens (tertiary/aromatic N) is 3. The van der Waals surface area contributed by atoms with Crippen molar-refractivity contribution in [1.82, 2.24) is 15.6 Å². The van der Waals surface area contributed by atoms with Gasteiger partial charge in [0.25, 0.3) is 0 Å². The lowest BCUT2D eigenvalue weighted by Crippen LogP contribution is -2.53. The molecule has 3 aliphatic rings. The first kappa shape index (κ1) is 21.1. The Morgan fingerprint density at radius 2 is 2.16 bits per heavy atom. The van der Waals surface area contributed by atoms with Crippen LogP contribution in [0.4, 0.5) is 15.0 Å². The molecule has 2 fully saturated rings. The Balaban J connectivity index is 1.53. The normalized spacial score (nSPS) is 30.1. The van der Waals surface area contributed by atoms with E-state index in [-0.39, 0.29) is 12.0 Å². The summed E-state index contributed by atoms with van der Waals surface area (Å²) in [6.07, 6.45) is 5.55. The number of carboxylic acid groups (broad SMARTS) is 1. The smallest absolute Gasteiger partial charge is 0.415 e. The maximum Gasteiger partial charge on any atom is 0.415 e. The van der Waals surface area contributed by atoms with Gasteiger partial charge in [-0.15, -0.1) is 0 Å². The largest absolute Gasteiger partial charge is 0.481 e. The van der Waals surface area contributed by atoms with E-state index in [1.807, 2.05) is 0 Å². The minimum atomic E-state index is -1.19. The summed E-state index contributed by atoms with van der Waals surface area (Å²) in [6, 6.07) is 3.34. The van der Waals surface area contributed by atoms with E-state index in [2.05, 4.69) is 20.6 Å². The van der Waals surface area contributed by atoms with Crippen molar-refractivity contribution < 1.29 is 23.8 Å². The van der Waals surface area contributed by atoms with E-state index in [4.69, 9.17) is 9.84 Å². The number of hydrogen-bond acceptors (Lipinski definition) is 5. The van der Waals surface area contributed by atoms with Crippen LogP contribution in [0.15, 0.2) is 35.3 Å². The molecule has 166 valence electrons. The number of rotatable bonds is 4. The van der Waals surface area contributed by atoms with Crippen molar-refractivity contribution in [3.05, 3.63) is 35.9 Å². The number of ether oxygens (including phenoxy) is 1. The number of aliphatic carboxylic acids is 1. The lowest BCUT2D eigenvalue weighted by Gasteiger charge is -2.36. The van der Waals surface area contributed by atoms with Crippen LogP contribution >= 0.6 is 0 Å². The van der Waals surface area contributed by atoms with Gasteiger partial charge in [-0.05, 0) is 56.7 Å². The van der Waals surface area contributed by atoms with Gasteiger partial charge >= 0.3 is 12.1 Å². The van der Waals surface area contributed by atoms with Gasteiger partial charge in [0.2, 0.25) is 0 Å². The highest BCUT2D eigenvalue weighted by molar-refractivity contribution is 5.87. The predicted molar refractivity (Wildman–Crippen MR) is 111 cm³/mol. The molecule has 1 unspecified atom stereocenters. The number of aromatic nitrogens is 1. The zero-order chi connectivity index (χ0) is 22.0. The van der Waals surface area contributed by atoms with E-state index >= 15 is 0 Å². The van der Waals surface area contributed by atoms with Gasteiger partial charge in [0, 0.05) is 18.9 Å². The monoisotopic (exact) mass is 431 g/mol. The predicted octanol–water partition coefficient (Wildman–Crippen LogP) is 2.65. The zero-order valence-electron chi connectivity index (χ0n) is 17.3. The molecule has 1 atom stereocenters. The number of amides is 1. The molecule has 0 spiro atoms. The van der Waals surface area contributed by atoms with Gasteiger partial charge < -0.3 is 20.5 Å². The van der Waals surface area contributed by atoms with Crippen LogP contribution in [0, 0.1) is 5.92 Å². The third kappa shape index (κ3) is 4.33. The molecule has 0 radical (unpaired) electrons. The molecule has 2 aliphatic heterocycles. The molecule has 4 rings (SSSR count). The van der Waals surface area contributed by atoms with Gasteiger partial charge in [-0.25, -0.2) is 19.2 Å². The molecule has 0 aromatic carbocycles. The van der Waals surface area contributed by atoms with E-state index < -0.39 is 23.4 Å². The van der Waals surface area contributed by atoms with Gasteiger partial charge in [0.15, 0.2) is 5.96 Å². The van der Waals surface area contributed by atoms with E-state index in [0.29, 0.717) is 62.6 Å². The van der Waals surface area contributed by atoms with Crippen LogP contribution in [-0.2, 0) is 15.1 Å². The fraction of sp³-hybridized carbons (Fsp3) is 0.524. The molecule has 1 saturated heterocycles. The standard InChI is InChI=1S/C21H26FN5O4/c1-21(14-7-8-23-17(11-14)27-9-2-10-31-20(27)30)16(22)12-24-19(26-21)25-15-5-3-13(4-6-15)18(28)29/h7-8,11-13,15H,2-6,9-10H2,1H3,(H,28,29)(H2,24,25,26). The second kappa shape index (κ2) is 8.52. The third-order valence-corrected chi connectivity index (χ3v) is 6.11. The van der Waals surface area contributed by atoms with Gasteiger partial charge in [-0.2, -0.15) is 0 Å². The Labute approximate surface area is 179 Å². The highest BCUT2D eigenvalue weighted by atomic mass is 19.1. The minimum absolute atomic E-state index is 0.0273. The SMILES string of the molecule is CC1(c2ccnc(N3CCCOC3=O)c2)NC(=NC2CCC(C(=O)O)CC2)NC=C1F. The number of nitrogens with one attached hydrogen (secondary N) is 2. The Morgan fingerprint density at radius 3 is 2.87 bits per heavy atom. The summed E-state index contributed by atoms with van der Waals surface area (Å²) in [4.78, 5) is 33.6. The average molecular weight is 431 g/mol. The molecule has 1 aromatic rings. The summed E-state index contributed by atoms with van der Waals surface area (Å²) >= 11 is 0. The Kier molecular flexibility index (Phi) is 5.79. The first-order chi connectivity index (χ1) is 14.9. The van der Waals surface area contributed by atoms with Crippen molar-refractivity contribution in [2.45, 2.75) is 50.6 Å². The summed E-state index contributed by atoms with van der Waals surface area (Å²) in [6.45, 7) is 2.57. The molecule has 3 N–H and O–H groups in total. The van der Waals surface area contributed by atoms with Crippen LogP contribution in [0.25, 0.3) is 0 Å². The number of anilines is 1. The third-order valence-electron chi connectivity index (χ3n) is 6.11. The van der Waals surface area contributed by atoms with Gasteiger partial charge in [-0.3, -0.25) is 9.69 Å². The molecule has 10 heteroatoms. The summed E-state index contributed by atoms with van der Waals surface area (Å²) in [5, 5.41) is 15.1. The molecule has 3 heterocycles. The molecule has 9 nitrogen and oxygen atoms in total. The number of carboxylic acids is 1. The lowest BCUT2D eigenvalue weighted by molar-refractivity contribution is -0.142. The maximum atomic E-state index is 15.0. The summed E-state index contributed by atoms with van der Waals surface area (Å²) in [7, 11) is 0. The van der Waals surface area contributed by atoms with E-state index in [1.165, 1.54) is 11.1 Å². The number of halogens is 1. The molecule has 31 heavy (non-hydrogen) atoms. The van der Waals surface area contributed by atoms with E-state index in [9.17, 15) is 14.0 Å². The maximum absolute atomic E-state index is 15.0. The van der Waals surface area contributed by atoms with E-state index in [1.54, 1.807) is 25.3 Å². The summed E-state index contributed by atoms with van der Waals surface area (Å²) in [5.41, 5.74) is -0.604. The van der Waals surface area contributed by atoms with Gasteiger partial charge in [0.1, 0.15) is 17.2 Å². The Bertz CT molecular complexity index is 928. The van der Waals surface area contributed by atoms with Crippen LogP contribution in [0.1, 0.15) is 44.6 Å². The molecule has 1 aromatic heterocycles. The summed E-state index contributed by atoms with van der Waals surface area (Å²) in [5.74, 6) is -0.674. The fourth-order valence-electron chi connectivity index (χ4n) is 4.16. The quantitative estimate of drug-likeness (QED) is 0.671. The second-order valence-electron chi connectivity index (χ2n) is 8.23. The van der Waals surface area contributed by atoms with Crippen LogP contribution in [0.3, 0.4) is 0 Å². The second-order valence-corrected chi connectivity index (χ2v) is 8.23. The van der Waals surface area contributed by atoms with Crippen LogP contribution < -0.4 is 15.5 Å². The highest BCUT2D eigenvalue weighted by Gasteiger charge is 2.37. The molecular weight excluding hydrogens is 405 g/mol. The summed E-state index contributed by atoms with van der Waals surface area (Å²) < 4.78 is 20.0. The Morgan fingerprint density at radius 1 is 1.39 bits per heavy atom. The van der Waals surface area contributed by atoms with Gasteiger partial charge in [-0.1, -0.05) is 0 Å². The molecular formula is C21H26FN5O4. The lowest BCUT2D eigenvalue weighted by atomic mass is 9.86. The molecule has 1 saturated carbocycles. The molecule has 0 bridgehead atoms. The van der Waals surface area contributed by atoms with Crippen LogP contribution in [-0.4, -0.2) is 47.3 Å².